The first-order valence-electron chi connectivity index (χ1n) is 13.7. The molecular formula is C31H41N5OS2. The molecule has 8 heteroatoms. The second kappa shape index (κ2) is 13.9. The summed E-state index contributed by atoms with van der Waals surface area (Å²) < 4.78 is 0. The van der Waals surface area contributed by atoms with E-state index in [1.807, 2.05) is 39.5 Å². The van der Waals surface area contributed by atoms with Crippen molar-refractivity contribution in [3.63, 3.8) is 0 Å². The van der Waals surface area contributed by atoms with E-state index in [0.717, 1.165) is 62.0 Å². The van der Waals surface area contributed by atoms with E-state index in [0.29, 0.717) is 11.4 Å². The largest absolute Gasteiger partial charge is 0.347 e. The number of carbonyl (C=O) groups excluding carboxylic acids is 1. The van der Waals surface area contributed by atoms with Crippen molar-refractivity contribution in [2.45, 2.75) is 73.8 Å². The Labute approximate surface area is 241 Å². The lowest BCUT2D eigenvalue weighted by atomic mass is 9.98. The zero-order valence-electron chi connectivity index (χ0n) is 24.4. The van der Waals surface area contributed by atoms with E-state index in [1.165, 1.54) is 16.9 Å². The first kappa shape index (κ1) is 30.6. The number of allylic oxidation sites excluding steroid dienone is 1. The fraction of sp³-hybridized carbons (Fsp3) is 0.419. The fourth-order valence-electron chi connectivity index (χ4n) is 4.14. The Morgan fingerprint density at radius 1 is 1.08 bits per heavy atom. The highest BCUT2D eigenvalue weighted by Gasteiger charge is 2.20. The highest BCUT2D eigenvalue weighted by atomic mass is 32.2. The average molecular weight is 564 g/mol. The van der Waals surface area contributed by atoms with Crippen molar-refractivity contribution in [2.24, 2.45) is 0 Å². The van der Waals surface area contributed by atoms with Gasteiger partial charge in [0.25, 0.3) is 5.91 Å². The molecule has 2 N–H and O–H groups in total. The molecular weight excluding hydrogens is 523 g/mol. The number of thiazole rings is 1. The second-order valence-corrected chi connectivity index (χ2v) is 12.0. The molecule has 4 heterocycles. The topological polar surface area (TPSA) is 83.6 Å². The number of amides is 1. The predicted octanol–water partition coefficient (Wildman–Crippen LogP) is 8.19. The van der Waals surface area contributed by atoms with Crippen LogP contribution in [0, 0.1) is 6.92 Å². The number of hydrogen-bond acceptors (Lipinski definition) is 6. The Morgan fingerprint density at radius 3 is 2.49 bits per heavy atom. The van der Waals surface area contributed by atoms with Gasteiger partial charge in [0, 0.05) is 34.4 Å². The zero-order chi connectivity index (χ0) is 28.6. The summed E-state index contributed by atoms with van der Waals surface area (Å²) >= 11 is 3.42. The molecule has 1 aromatic carbocycles. The summed E-state index contributed by atoms with van der Waals surface area (Å²) in [5.41, 5.74) is 7.43. The molecule has 0 fully saturated rings. The highest BCUT2D eigenvalue weighted by Crippen LogP contribution is 2.32. The molecule has 5 rings (SSSR count). The number of rotatable bonds is 5. The number of thioether (sulfide) groups is 1. The van der Waals surface area contributed by atoms with Crippen LogP contribution >= 0.6 is 23.1 Å². The van der Waals surface area contributed by atoms with Crippen molar-refractivity contribution in [1.82, 2.24) is 25.3 Å². The molecule has 0 aliphatic carbocycles. The smallest absolute Gasteiger partial charge is 0.263 e. The molecule has 0 saturated heterocycles. The molecule has 208 valence electrons. The molecule has 6 nitrogen and oxygen atoms in total. The van der Waals surface area contributed by atoms with Crippen LogP contribution in [0.5, 0.6) is 0 Å². The van der Waals surface area contributed by atoms with Crippen molar-refractivity contribution in [1.29, 1.82) is 0 Å². The van der Waals surface area contributed by atoms with Gasteiger partial charge >= 0.3 is 0 Å². The maximum absolute atomic E-state index is 12.7. The molecule has 0 atom stereocenters. The molecule has 1 aliphatic heterocycles. The number of aryl methyl sites for hydroxylation is 1. The molecule has 3 aromatic heterocycles. The van der Waals surface area contributed by atoms with Gasteiger partial charge in [0.15, 0.2) is 0 Å². The first-order chi connectivity index (χ1) is 18.8. The van der Waals surface area contributed by atoms with Crippen LogP contribution in [-0.4, -0.2) is 37.3 Å². The Bertz CT molecular complexity index is 1430. The molecule has 0 unspecified atom stereocenters. The lowest BCUT2D eigenvalue weighted by Crippen LogP contribution is -2.22. The van der Waals surface area contributed by atoms with Gasteiger partial charge in [0.1, 0.15) is 16.9 Å². The van der Waals surface area contributed by atoms with Crippen LogP contribution < -0.4 is 5.32 Å². The molecule has 0 bridgehead atoms. The van der Waals surface area contributed by atoms with Crippen molar-refractivity contribution >= 4 is 45.6 Å². The standard InChI is InChI=1S/C27H29N5OS2.2C2H6/c1-16-11-18(5-6-19(16)13-28-25(33)22-14-29-26(35-22)27(2,3)4)23-20-12-21(17-7-9-34-10-8-17)32-24(20)31-15-30-23;2*1-2/h5-7,11-12,14-15H,8-10,13H2,1-4H3,(H,28,33)(H,30,31,32);2*1-2H3. The van der Waals surface area contributed by atoms with Gasteiger partial charge in [-0.3, -0.25) is 4.79 Å². The third-order valence-corrected chi connectivity index (χ3v) is 8.48. The van der Waals surface area contributed by atoms with Crippen molar-refractivity contribution < 1.29 is 4.79 Å². The molecule has 4 aromatic rings. The Hall–Kier alpha value is -2.97. The van der Waals surface area contributed by atoms with E-state index < -0.39 is 0 Å². The minimum absolute atomic E-state index is 0.0608. The molecule has 0 saturated carbocycles. The monoisotopic (exact) mass is 563 g/mol. The van der Waals surface area contributed by atoms with Gasteiger partial charge in [0.05, 0.1) is 16.9 Å². The average Bonchev–Trinajstić information content (AvgIpc) is 3.63. The number of aromatic nitrogens is 4. The number of benzene rings is 1. The van der Waals surface area contributed by atoms with Gasteiger partial charge in [-0.25, -0.2) is 15.0 Å². The Balaban J connectivity index is 0.00000100. The summed E-state index contributed by atoms with van der Waals surface area (Å²) in [7, 11) is 0. The summed E-state index contributed by atoms with van der Waals surface area (Å²) in [4.78, 5) is 30.3. The lowest BCUT2D eigenvalue weighted by Gasteiger charge is -2.13. The Morgan fingerprint density at radius 2 is 1.85 bits per heavy atom. The lowest BCUT2D eigenvalue weighted by molar-refractivity contribution is 0.0954. The third kappa shape index (κ3) is 7.37. The second-order valence-electron chi connectivity index (χ2n) is 9.83. The number of nitrogens with zero attached hydrogens (tertiary/aromatic N) is 3. The van der Waals surface area contributed by atoms with Gasteiger partial charge in [-0.05, 0) is 47.9 Å². The van der Waals surface area contributed by atoms with Gasteiger partial charge in [-0.2, -0.15) is 11.8 Å². The third-order valence-electron chi connectivity index (χ3n) is 6.16. The number of fused-ring (bicyclic) bond motifs is 1. The van der Waals surface area contributed by atoms with Gasteiger partial charge in [-0.15, -0.1) is 11.3 Å². The van der Waals surface area contributed by atoms with Crippen molar-refractivity contribution in [2.75, 3.05) is 11.5 Å². The minimum Gasteiger partial charge on any atom is -0.347 e. The first-order valence-corrected chi connectivity index (χ1v) is 15.7. The van der Waals surface area contributed by atoms with E-state index in [-0.39, 0.29) is 11.3 Å². The number of H-pyrrole nitrogens is 1. The summed E-state index contributed by atoms with van der Waals surface area (Å²) in [6.07, 6.45) is 6.66. The molecule has 0 spiro atoms. The highest BCUT2D eigenvalue weighted by molar-refractivity contribution is 7.99. The molecule has 0 radical (unpaired) electrons. The summed E-state index contributed by atoms with van der Waals surface area (Å²) in [5, 5.41) is 5.04. The van der Waals surface area contributed by atoms with E-state index in [2.05, 4.69) is 83.3 Å². The van der Waals surface area contributed by atoms with E-state index >= 15 is 0 Å². The minimum atomic E-state index is -0.0887. The molecule has 39 heavy (non-hydrogen) atoms. The van der Waals surface area contributed by atoms with Crippen LogP contribution in [0.15, 0.2) is 42.9 Å². The van der Waals surface area contributed by atoms with Crippen LogP contribution in [0.1, 0.15) is 86.4 Å². The summed E-state index contributed by atoms with van der Waals surface area (Å²) in [6, 6.07) is 8.46. The van der Waals surface area contributed by atoms with Crippen LogP contribution in [0.4, 0.5) is 0 Å². The molecule has 1 amide bonds. The van der Waals surface area contributed by atoms with Crippen molar-refractivity contribution in [3.8, 4) is 11.3 Å². The Kier molecular flexibility index (Phi) is 10.9. The zero-order valence-corrected chi connectivity index (χ0v) is 26.1. The predicted molar refractivity (Wildman–Crippen MR) is 169 cm³/mol. The molecule has 1 aliphatic rings. The van der Waals surface area contributed by atoms with E-state index in [4.69, 9.17) is 0 Å². The summed E-state index contributed by atoms with van der Waals surface area (Å²) in [6.45, 7) is 16.8. The van der Waals surface area contributed by atoms with Gasteiger partial charge in [-0.1, -0.05) is 66.7 Å². The van der Waals surface area contributed by atoms with Crippen LogP contribution in [-0.2, 0) is 12.0 Å². The fourth-order valence-corrected chi connectivity index (χ4v) is 5.88. The van der Waals surface area contributed by atoms with Crippen molar-refractivity contribution in [3.05, 3.63) is 69.6 Å². The summed E-state index contributed by atoms with van der Waals surface area (Å²) in [5.74, 6) is 2.12. The number of aromatic amines is 1. The van der Waals surface area contributed by atoms with E-state index in [1.54, 1.807) is 12.5 Å². The van der Waals surface area contributed by atoms with E-state index in [9.17, 15) is 4.79 Å². The number of hydrogen-bond donors (Lipinski definition) is 2. The quantitative estimate of drug-likeness (QED) is 0.256. The van der Waals surface area contributed by atoms with Crippen LogP contribution in [0.25, 0.3) is 27.9 Å². The van der Waals surface area contributed by atoms with Gasteiger partial charge < -0.3 is 10.3 Å². The van der Waals surface area contributed by atoms with Crippen LogP contribution in [0.2, 0.25) is 0 Å². The number of carbonyl (C=O) groups is 1. The SMILES string of the molecule is CC.CC.Cc1cc(-c2ncnc3[nH]c(C4=CCSCC4)cc23)ccc1CNC(=O)c1cnc(C(C)(C)C)s1. The maximum atomic E-state index is 12.7. The maximum Gasteiger partial charge on any atom is 0.263 e. The van der Waals surface area contributed by atoms with Gasteiger partial charge in [0.2, 0.25) is 0 Å². The normalized spacial score (nSPS) is 13.1. The van der Waals surface area contributed by atoms with Crippen LogP contribution in [0.3, 0.4) is 0 Å². The number of nitrogens with one attached hydrogen (secondary N) is 2.